The first kappa shape index (κ1) is 16.4. The number of hydrogen-bond acceptors (Lipinski definition) is 3. The molecule has 128 valence electrons. The third kappa shape index (κ3) is 3.37. The maximum absolute atomic E-state index is 12.7. The zero-order valence-corrected chi connectivity index (χ0v) is 13.9. The van der Waals surface area contributed by atoms with Crippen molar-refractivity contribution in [2.45, 2.75) is 32.2 Å². The number of H-pyrrole nitrogens is 1. The van der Waals surface area contributed by atoms with Crippen molar-refractivity contribution in [2.24, 2.45) is 5.92 Å². The number of hydrogen-bond donors (Lipinski definition) is 2. The van der Waals surface area contributed by atoms with Crippen LogP contribution in [0.4, 0.5) is 0 Å². The Bertz CT molecular complexity index is 763. The van der Waals surface area contributed by atoms with E-state index < -0.39 is 11.9 Å². The number of aromatic amines is 1. The Kier molecular flexibility index (Phi) is 4.46. The first-order chi connectivity index (χ1) is 11.5. The van der Waals surface area contributed by atoms with Crippen molar-refractivity contribution in [1.82, 2.24) is 9.88 Å². The van der Waals surface area contributed by atoms with E-state index in [-0.39, 0.29) is 24.9 Å². The van der Waals surface area contributed by atoms with Crippen LogP contribution < -0.4 is 4.74 Å². The number of rotatable bonds is 7. The van der Waals surface area contributed by atoms with Gasteiger partial charge in [0.15, 0.2) is 0 Å². The molecule has 0 radical (unpaired) electrons. The summed E-state index contributed by atoms with van der Waals surface area (Å²) in [6.07, 6.45) is 4.02. The number of aliphatic carboxylic acids is 1. The fraction of sp³-hybridized carbons (Fsp3) is 0.444. The molecule has 24 heavy (non-hydrogen) atoms. The average Bonchev–Trinajstić information content (AvgIpc) is 3.33. The first-order valence-corrected chi connectivity index (χ1v) is 8.16. The van der Waals surface area contributed by atoms with E-state index in [1.54, 1.807) is 18.9 Å². The van der Waals surface area contributed by atoms with Gasteiger partial charge in [-0.2, -0.15) is 0 Å². The number of carbonyl (C=O) groups is 2. The number of ether oxygens (including phenoxy) is 1. The Labute approximate surface area is 140 Å². The van der Waals surface area contributed by atoms with Crippen LogP contribution >= 0.6 is 0 Å². The van der Waals surface area contributed by atoms with Crippen LogP contribution in [-0.4, -0.2) is 46.6 Å². The highest BCUT2D eigenvalue weighted by Gasteiger charge is 2.34. The van der Waals surface area contributed by atoms with Gasteiger partial charge >= 0.3 is 5.97 Å². The van der Waals surface area contributed by atoms with E-state index in [1.165, 1.54) is 0 Å². The van der Waals surface area contributed by atoms with Gasteiger partial charge in [0.25, 0.3) is 0 Å². The molecule has 1 fully saturated rings. The lowest BCUT2D eigenvalue weighted by Gasteiger charge is -2.24. The van der Waals surface area contributed by atoms with Crippen LogP contribution in [-0.2, 0) is 16.0 Å². The molecule has 1 amide bonds. The molecular weight excluding hydrogens is 308 g/mol. The van der Waals surface area contributed by atoms with Crippen molar-refractivity contribution in [3.63, 3.8) is 0 Å². The van der Waals surface area contributed by atoms with Gasteiger partial charge in [-0.25, -0.2) is 0 Å². The summed E-state index contributed by atoms with van der Waals surface area (Å²) in [5, 5.41) is 10.1. The Hall–Kier alpha value is -2.50. The van der Waals surface area contributed by atoms with Gasteiger partial charge in [-0.3, -0.25) is 9.59 Å². The predicted molar refractivity (Wildman–Crippen MR) is 90.1 cm³/mol. The summed E-state index contributed by atoms with van der Waals surface area (Å²) in [5.41, 5.74) is 1.86. The van der Waals surface area contributed by atoms with Crippen LogP contribution in [0, 0.1) is 5.92 Å². The van der Waals surface area contributed by atoms with Gasteiger partial charge in [0.05, 0.1) is 19.4 Å². The van der Waals surface area contributed by atoms with Crippen LogP contribution in [0.2, 0.25) is 0 Å². The molecule has 1 unspecified atom stereocenters. The van der Waals surface area contributed by atoms with Crippen LogP contribution in [0.25, 0.3) is 10.9 Å². The molecule has 0 aliphatic heterocycles. The van der Waals surface area contributed by atoms with Crippen molar-refractivity contribution >= 4 is 22.8 Å². The van der Waals surface area contributed by atoms with Crippen molar-refractivity contribution < 1.29 is 19.4 Å². The minimum absolute atomic E-state index is 0.0191. The minimum Gasteiger partial charge on any atom is -0.497 e. The molecule has 0 spiro atoms. The van der Waals surface area contributed by atoms with Crippen LogP contribution in [0.5, 0.6) is 5.75 Å². The lowest BCUT2D eigenvalue weighted by Crippen LogP contribution is -2.39. The van der Waals surface area contributed by atoms with Crippen LogP contribution in [0.15, 0.2) is 24.4 Å². The van der Waals surface area contributed by atoms with Gasteiger partial charge < -0.3 is 19.7 Å². The summed E-state index contributed by atoms with van der Waals surface area (Å²) in [4.78, 5) is 28.7. The molecular formula is C18H22N2O4. The highest BCUT2D eigenvalue weighted by atomic mass is 16.5. The molecule has 6 nitrogen and oxygen atoms in total. The SMILES string of the molecule is COc1ccc2[nH]cc(CC(=O)N(CC(C)C(=O)O)C3CC3)c2c1. The number of fused-ring (bicyclic) bond motifs is 1. The number of methoxy groups -OCH3 is 1. The summed E-state index contributed by atoms with van der Waals surface area (Å²) < 4.78 is 5.25. The molecule has 1 aromatic heterocycles. The Morgan fingerprint density at radius 3 is 2.79 bits per heavy atom. The van der Waals surface area contributed by atoms with Crippen molar-refractivity contribution in [3.8, 4) is 5.75 Å². The van der Waals surface area contributed by atoms with Gasteiger partial charge in [0.1, 0.15) is 5.75 Å². The largest absolute Gasteiger partial charge is 0.497 e. The van der Waals surface area contributed by atoms with E-state index in [0.29, 0.717) is 0 Å². The predicted octanol–water partition coefficient (Wildman–Crippen LogP) is 2.43. The second-order valence-electron chi connectivity index (χ2n) is 6.42. The number of aromatic nitrogens is 1. The molecule has 1 aromatic carbocycles. The summed E-state index contributed by atoms with van der Waals surface area (Å²) in [7, 11) is 1.61. The van der Waals surface area contributed by atoms with Crippen LogP contribution in [0.1, 0.15) is 25.3 Å². The summed E-state index contributed by atoms with van der Waals surface area (Å²) in [5.74, 6) is -0.702. The normalized spacial score (nSPS) is 15.2. The molecule has 2 N–H and O–H groups in total. The van der Waals surface area contributed by atoms with E-state index >= 15 is 0 Å². The van der Waals surface area contributed by atoms with E-state index in [4.69, 9.17) is 9.84 Å². The lowest BCUT2D eigenvalue weighted by atomic mass is 10.1. The number of amides is 1. The average molecular weight is 330 g/mol. The van der Waals surface area contributed by atoms with Gasteiger partial charge in [-0.15, -0.1) is 0 Å². The number of nitrogens with one attached hydrogen (secondary N) is 1. The van der Waals surface area contributed by atoms with Crippen molar-refractivity contribution in [2.75, 3.05) is 13.7 Å². The molecule has 6 heteroatoms. The highest BCUT2D eigenvalue weighted by molar-refractivity contribution is 5.90. The lowest BCUT2D eigenvalue weighted by molar-refractivity contribution is -0.143. The molecule has 1 aliphatic carbocycles. The monoisotopic (exact) mass is 330 g/mol. The van der Waals surface area contributed by atoms with Gasteiger partial charge in [-0.05, 0) is 36.6 Å². The molecule has 1 aliphatic rings. The summed E-state index contributed by atoms with van der Waals surface area (Å²) >= 11 is 0. The number of benzene rings is 1. The van der Waals surface area contributed by atoms with E-state index in [9.17, 15) is 9.59 Å². The third-order valence-electron chi connectivity index (χ3n) is 4.52. The standard InChI is InChI=1S/C18H22N2O4/c1-11(18(22)23)10-20(13-3-4-13)17(21)7-12-9-19-16-6-5-14(24-2)8-15(12)16/h5-6,8-9,11,13,19H,3-4,7,10H2,1-2H3,(H,22,23). The zero-order valence-electron chi connectivity index (χ0n) is 13.9. The quantitative estimate of drug-likeness (QED) is 0.817. The maximum atomic E-state index is 12.7. The second kappa shape index (κ2) is 6.55. The molecule has 3 rings (SSSR count). The zero-order chi connectivity index (χ0) is 17.3. The van der Waals surface area contributed by atoms with Crippen molar-refractivity contribution in [1.29, 1.82) is 0 Å². The molecule has 0 saturated heterocycles. The number of carboxylic acid groups (broad SMARTS) is 1. The van der Waals surface area contributed by atoms with E-state index in [2.05, 4.69) is 4.98 Å². The topological polar surface area (TPSA) is 82.6 Å². The van der Waals surface area contributed by atoms with Gasteiger partial charge in [0.2, 0.25) is 5.91 Å². The Morgan fingerprint density at radius 1 is 1.42 bits per heavy atom. The van der Waals surface area contributed by atoms with Crippen molar-refractivity contribution in [3.05, 3.63) is 30.0 Å². The molecule has 1 heterocycles. The molecule has 0 bridgehead atoms. The number of nitrogens with zero attached hydrogens (tertiary/aromatic N) is 1. The summed E-state index contributed by atoms with van der Waals surface area (Å²) in [6.45, 7) is 1.91. The van der Waals surface area contributed by atoms with Gasteiger partial charge in [0, 0.05) is 29.7 Å². The van der Waals surface area contributed by atoms with E-state index in [1.807, 2.05) is 24.4 Å². The smallest absolute Gasteiger partial charge is 0.308 e. The first-order valence-electron chi connectivity index (χ1n) is 8.16. The fourth-order valence-electron chi connectivity index (χ4n) is 2.91. The highest BCUT2D eigenvalue weighted by Crippen LogP contribution is 2.29. The molecule has 1 atom stereocenters. The fourth-order valence-corrected chi connectivity index (χ4v) is 2.91. The van der Waals surface area contributed by atoms with Gasteiger partial charge in [-0.1, -0.05) is 6.92 Å². The molecule has 2 aromatic rings. The third-order valence-corrected chi connectivity index (χ3v) is 4.52. The number of carboxylic acids is 1. The number of carbonyl (C=O) groups excluding carboxylic acids is 1. The Balaban J connectivity index is 1.78. The second-order valence-corrected chi connectivity index (χ2v) is 6.42. The van der Waals surface area contributed by atoms with E-state index in [0.717, 1.165) is 35.1 Å². The molecule has 1 saturated carbocycles. The summed E-state index contributed by atoms with van der Waals surface area (Å²) in [6, 6.07) is 5.90. The minimum atomic E-state index is -0.870. The Morgan fingerprint density at radius 2 is 2.17 bits per heavy atom. The van der Waals surface area contributed by atoms with Crippen LogP contribution in [0.3, 0.4) is 0 Å². The maximum Gasteiger partial charge on any atom is 0.308 e.